The van der Waals surface area contributed by atoms with Crippen molar-refractivity contribution >= 4 is 107 Å². The number of nitrogens with two attached hydrogens (primary N) is 1. The van der Waals surface area contributed by atoms with Crippen LogP contribution in [0.1, 0.15) is 109 Å². The van der Waals surface area contributed by atoms with Crippen LogP contribution in [0.25, 0.3) is 0 Å². The average molecular weight is 1220 g/mol. The summed E-state index contributed by atoms with van der Waals surface area (Å²) < 4.78 is 6.23. The van der Waals surface area contributed by atoms with E-state index in [1.807, 2.05) is 18.2 Å². The quantitative estimate of drug-likeness (QED) is 0.133. The highest BCUT2D eigenvalue weighted by Crippen LogP contribution is 2.27. The van der Waals surface area contributed by atoms with Gasteiger partial charge in [-0.2, -0.15) is 35.3 Å². The first-order chi connectivity index (χ1) is 39.6. The molecule has 4 aliphatic heterocycles. The number of aliphatic carboxylic acids is 1. The number of carboxylic acids is 1. The number of amides is 10. The van der Waals surface area contributed by atoms with Crippen molar-refractivity contribution in [3.63, 3.8) is 0 Å². The minimum atomic E-state index is -1.84. The molecule has 10 amide bonds. The predicted octanol–water partition coefficient (Wildman–Crippen LogP) is -1.68. The van der Waals surface area contributed by atoms with Crippen molar-refractivity contribution in [3.8, 4) is 5.75 Å². The van der Waals surface area contributed by atoms with Gasteiger partial charge in [0.15, 0.2) is 0 Å². The summed E-state index contributed by atoms with van der Waals surface area (Å²) >= 11 is 3.87. The lowest BCUT2D eigenvalue weighted by molar-refractivity contribution is -0.306. The van der Waals surface area contributed by atoms with E-state index in [9.17, 15) is 63.0 Å². The second kappa shape index (κ2) is 33.8. The molecule has 29 heteroatoms. The molecule has 4 aliphatic rings. The van der Waals surface area contributed by atoms with E-state index in [-0.39, 0.29) is 62.0 Å². The smallest absolute Gasteiger partial charge is 0.266 e. The van der Waals surface area contributed by atoms with Crippen LogP contribution in [0.2, 0.25) is 0 Å². The molecule has 26 nitrogen and oxygen atoms in total. The number of thioether (sulfide) groups is 3. The summed E-state index contributed by atoms with van der Waals surface area (Å²) in [5.41, 5.74) is 7.32. The SMILES string of the molecule is CC[C@H](C)[C@@H]1NC(=O)[C@H](CC(=O)[O-])NC(=O)[C@H](CCSC)NC(=O)[C@@H]2CCCN2C(=O)[C@@H]2CSCc3cc(cc(c3)OCCCCCCO/N=C/C(=O)N[C@@H](C)C(=O)N2)CSC[C@@H](C(N)=O)NC(=O)[C@H]([C@@H](C)O)NC(=O)[C@@H]2CCCN2C1=O. The number of rotatable bonds is 9. The Morgan fingerprint density at radius 3 is 1.94 bits per heavy atom. The first-order valence-electron chi connectivity index (χ1n) is 28.1. The van der Waals surface area contributed by atoms with Crippen LogP contribution in [0.5, 0.6) is 5.75 Å². The van der Waals surface area contributed by atoms with Crippen LogP contribution in [0.15, 0.2) is 23.4 Å². The van der Waals surface area contributed by atoms with Gasteiger partial charge in [0.25, 0.3) is 5.91 Å². The molecule has 0 aromatic heterocycles. The largest absolute Gasteiger partial charge is 0.550 e. The lowest BCUT2D eigenvalue weighted by Gasteiger charge is -2.33. The van der Waals surface area contributed by atoms with Crippen LogP contribution < -0.4 is 52.8 Å². The number of hydrogen-bond acceptors (Lipinski definition) is 19. The monoisotopic (exact) mass is 1220 g/mol. The Labute approximate surface area is 495 Å². The molecule has 83 heavy (non-hydrogen) atoms. The van der Waals surface area contributed by atoms with Crippen LogP contribution in [-0.2, 0) is 69.1 Å². The zero-order valence-corrected chi connectivity index (χ0v) is 50.1. The van der Waals surface area contributed by atoms with Crippen molar-refractivity contribution in [1.29, 1.82) is 0 Å². The number of ether oxygens (including phenoxy) is 1. The molecule has 11 atom stereocenters. The lowest BCUT2D eigenvalue weighted by Crippen LogP contribution is -2.62. The van der Waals surface area contributed by atoms with Gasteiger partial charge in [0.2, 0.25) is 53.2 Å². The molecule has 2 fully saturated rings. The summed E-state index contributed by atoms with van der Waals surface area (Å²) in [5.74, 6) is -9.22. The van der Waals surface area contributed by atoms with Gasteiger partial charge in [-0.1, -0.05) is 31.5 Å². The number of nitrogens with zero attached hydrogens (tertiary/aromatic N) is 3. The molecule has 460 valence electrons. The van der Waals surface area contributed by atoms with E-state index in [1.165, 1.54) is 58.9 Å². The minimum absolute atomic E-state index is 0.00281. The summed E-state index contributed by atoms with van der Waals surface area (Å²) in [6.07, 6.45) is 4.33. The Kier molecular flexibility index (Phi) is 27.5. The van der Waals surface area contributed by atoms with E-state index >= 15 is 0 Å². The van der Waals surface area contributed by atoms with Crippen molar-refractivity contribution in [2.45, 2.75) is 170 Å². The van der Waals surface area contributed by atoms with E-state index in [4.69, 9.17) is 15.3 Å². The fourth-order valence-corrected chi connectivity index (χ4v) is 12.2. The molecule has 5 rings (SSSR count). The maximum atomic E-state index is 14.8. The molecule has 1 aromatic rings. The van der Waals surface area contributed by atoms with Crippen molar-refractivity contribution in [1.82, 2.24) is 47.0 Å². The molecule has 4 bridgehead atoms. The fraction of sp³-hybridized carbons (Fsp3) is 0.667. The summed E-state index contributed by atoms with van der Waals surface area (Å²) in [6.45, 7) is 6.80. The molecule has 4 heterocycles. The van der Waals surface area contributed by atoms with Gasteiger partial charge in [0.05, 0.1) is 12.7 Å². The highest BCUT2D eigenvalue weighted by atomic mass is 32.2. The second-order valence-corrected chi connectivity index (χ2v) is 24.1. The van der Waals surface area contributed by atoms with Gasteiger partial charge < -0.3 is 77.3 Å². The van der Waals surface area contributed by atoms with Crippen molar-refractivity contribution < 1.29 is 72.5 Å². The second-order valence-electron chi connectivity index (χ2n) is 21.1. The summed E-state index contributed by atoms with van der Waals surface area (Å²) in [5, 5.41) is 44.8. The lowest BCUT2D eigenvalue weighted by atomic mass is 9.96. The zero-order chi connectivity index (χ0) is 60.8. The third-order valence-corrected chi connectivity index (χ3v) is 17.4. The van der Waals surface area contributed by atoms with Gasteiger partial charge in [0, 0.05) is 48.5 Å². The number of nitrogens with one attached hydrogen (secondary N) is 7. The molecule has 0 aliphatic carbocycles. The Hall–Kier alpha value is -6.33. The average Bonchev–Trinajstić information content (AvgIpc) is 4.28. The molecule has 1 aromatic carbocycles. The van der Waals surface area contributed by atoms with Gasteiger partial charge >= 0.3 is 0 Å². The van der Waals surface area contributed by atoms with E-state index in [1.54, 1.807) is 20.1 Å². The number of aliphatic hydroxyl groups excluding tert-OH is 1. The molecule has 0 spiro atoms. The Morgan fingerprint density at radius 1 is 0.735 bits per heavy atom. The Morgan fingerprint density at radius 2 is 1.33 bits per heavy atom. The zero-order valence-electron chi connectivity index (χ0n) is 47.6. The maximum absolute atomic E-state index is 14.8. The highest BCUT2D eigenvalue weighted by molar-refractivity contribution is 7.99. The van der Waals surface area contributed by atoms with E-state index in [0.29, 0.717) is 50.2 Å². The fourth-order valence-electron chi connectivity index (χ4n) is 9.76. The third-order valence-electron chi connectivity index (χ3n) is 14.6. The van der Waals surface area contributed by atoms with Crippen molar-refractivity contribution in [2.24, 2.45) is 16.8 Å². The van der Waals surface area contributed by atoms with E-state index in [0.717, 1.165) is 30.2 Å². The summed E-state index contributed by atoms with van der Waals surface area (Å²) in [6, 6.07) is -6.66. The summed E-state index contributed by atoms with van der Waals surface area (Å²) in [7, 11) is 0. The van der Waals surface area contributed by atoms with Crippen LogP contribution >= 0.6 is 35.3 Å². The van der Waals surface area contributed by atoms with Crippen LogP contribution in [0.3, 0.4) is 0 Å². The molecule has 10 N–H and O–H groups in total. The Bertz CT molecular complexity index is 2510. The molecule has 2 saturated heterocycles. The number of fused-ring (bicyclic) bond motifs is 7. The van der Waals surface area contributed by atoms with Crippen molar-refractivity contribution in [2.75, 3.05) is 49.8 Å². The Balaban J connectivity index is 1.55. The number of hydrogen-bond donors (Lipinski definition) is 9. The topological polar surface area (TPSA) is 379 Å². The van der Waals surface area contributed by atoms with E-state index in [2.05, 4.69) is 42.4 Å². The first-order valence-corrected chi connectivity index (χ1v) is 31.8. The molecule has 0 saturated carbocycles. The first kappa shape index (κ1) is 67.5. The normalized spacial score (nSPS) is 28.1. The van der Waals surface area contributed by atoms with Crippen LogP contribution in [0.4, 0.5) is 0 Å². The molecular formula is C54H80N11O15S3-. The predicted molar refractivity (Wildman–Crippen MR) is 309 cm³/mol. The number of carbonyl (C=O) groups excluding carboxylic acids is 11. The van der Waals surface area contributed by atoms with Gasteiger partial charge in [-0.15, -0.1) is 0 Å². The highest BCUT2D eigenvalue weighted by Gasteiger charge is 2.43. The van der Waals surface area contributed by atoms with Crippen molar-refractivity contribution in [3.05, 3.63) is 29.3 Å². The number of carboxylic acid groups (broad SMARTS) is 1. The number of aliphatic hydroxyl groups is 1. The number of carbonyl (C=O) groups is 11. The number of primary amides is 1. The number of oxime groups is 1. The summed E-state index contributed by atoms with van der Waals surface area (Å²) in [4.78, 5) is 159. The molecular weight excluding hydrogens is 1140 g/mol. The standard InChI is InChI=1S/C54H81N11O15S3/c1-6-30(2)44-54(78)65-17-12-14-41(65)51(75)63-45(32(4)66)52(76)60-38(46(55)70)28-82-26-33-21-34-23-35(22-33)79-18-9-7-8-10-19-80-56-25-42(67)57-31(3)47(71)61-39(29-83-27-34)53(77)64-16-11-13-40(64)50(74)58-36(15-20-81-5)48(72)59-37(24-43(68)69)49(73)62-44/h21-23,25,30-32,36-41,44-45,66H,6-20,24,26-29H2,1-5H3,(H2,55,70)(H,57,67)(H,58,74)(H,59,72)(H,60,76)(H,61,71)(H,62,73)(H,63,75)(H,68,69)/p-1/b56-25+/t30-,31-,32+,36-,37-,38-,39-,40-,41-,44-,45-/m0/s1. The number of benzene rings is 1. The minimum Gasteiger partial charge on any atom is -0.550 e. The van der Waals surface area contributed by atoms with Gasteiger partial charge in [-0.25, -0.2) is 0 Å². The van der Waals surface area contributed by atoms with Gasteiger partial charge in [-0.05, 0) is 113 Å². The third kappa shape index (κ3) is 20.8. The molecule has 0 unspecified atom stereocenters. The van der Waals surface area contributed by atoms with Gasteiger partial charge in [-0.3, -0.25) is 47.9 Å². The van der Waals surface area contributed by atoms with Crippen LogP contribution in [0, 0.1) is 5.92 Å². The van der Waals surface area contributed by atoms with E-state index < -0.39 is 138 Å². The van der Waals surface area contributed by atoms with Gasteiger partial charge in [0.1, 0.15) is 72.9 Å². The maximum Gasteiger partial charge on any atom is 0.266 e. The molecule has 0 radical (unpaired) electrons. The van der Waals surface area contributed by atoms with Crippen LogP contribution in [-0.4, -0.2) is 196 Å².